The number of amides is 1. The Labute approximate surface area is 227 Å². The van der Waals surface area contributed by atoms with Gasteiger partial charge in [-0.2, -0.15) is 0 Å². The van der Waals surface area contributed by atoms with Gasteiger partial charge in [0, 0.05) is 45.2 Å². The number of carboxylic acids is 1. The standard InChI is InChI=1S/C29H25BrF2N2O4/c1-3-4-28(35)33-22-11-19(29(36)37)12-23(15-22)34-17(2)5-9-26(34)24-13-20(30)7-10-27(24)38-16-18-6-8-21(31)14-25(18)32/h5-15H,3-4,16H2,1-2H3,(H,33,35)(H,36,37). The highest BCUT2D eigenvalue weighted by molar-refractivity contribution is 9.10. The Bertz CT molecular complexity index is 1520. The quantitative estimate of drug-likeness (QED) is 0.214. The molecule has 0 fully saturated rings. The molecule has 0 bridgehead atoms. The van der Waals surface area contributed by atoms with Crippen molar-refractivity contribution in [3.63, 3.8) is 0 Å². The van der Waals surface area contributed by atoms with Crippen LogP contribution in [0.3, 0.4) is 0 Å². The van der Waals surface area contributed by atoms with Crippen LogP contribution in [0.1, 0.15) is 41.4 Å². The Morgan fingerprint density at radius 1 is 1.03 bits per heavy atom. The summed E-state index contributed by atoms with van der Waals surface area (Å²) < 4.78 is 36.1. The molecule has 0 radical (unpaired) electrons. The van der Waals surface area contributed by atoms with Crippen molar-refractivity contribution in [2.24, 2.45) is 0 Å². The van der Waals surface area contributed by atoms with Crippen LogP contribution >= 0.6 is 15.9 Å². The van der Waals surface area contributed by atoms with E-state index in [1.165, 1.54) is 24.3 Å². The van der Waals surface area contributed by atoms with Gasteiger partial charge in [-0.05, 0) is 74.0 Å². The predicted octanol–water partition coefficient (Wildman–Crippen LogP) is 7.51. The van der Waals surface area contributed by atoms with E-state index in [1.54, 1.807) is 18.2 Å². The highest BCUT2D eigenvalue weighted by Gasteiger charge is 2.18. The molecule has 0 aliphatic carbocycles. The number of halogens is 3. The van der Waals surface area contributed by atoms with Gasteiger partial charge < -0.3 is 19.7 Å². The lowest BCUT2D eigenvalue weighted by atomic mass is 10.1. The second-order valence-corrected chi connectivity index (χ2v) is 9.65. The number of benzene rings is 3. The van der Waals surface area contributed by atoms with E-state index < -0.39 is 17.6 Å². The summed E-state index contributed by atoms with van der Waals surface area (Å²) >= 11 is 3.49. The van der Waals surface area contributed by atoms with E-state index in [0.717, 1.165) is 16.2 Å². The number of aryl methyl sites for hydroxylation is 1. The van der Waals surface area contributed by atoms with Crippen LogP contribution in [-0.2, 0) is 11.4 Å². The van der Waals surface area contributed by atoms with Gasteiger partial charge in [0.05, 0.1) is 11.3 Å². The Morgan fingerprint density at radius 2 is 1.82 bits per heavy atom. The summed E-state index contributed by atoms with van der Waals surface area (Å²) in [6.45, 7) is 3.64. The molecule has 3 aromatic carbocycles. The summed E-state index contributed by atoms with van der Waals surface area (Å²) in [6, 6.07) is 17.1. The van der Waals surface area contributed by atoms with Gasteiger partial charge in [-0.25, -0.2) is 13.6 Å². The fraction of sp³-hybridized carbons (Fsp3) is 0.172. The second kappa shape index (κ2) is 11.6. The summed E-state index contributed by atoms with van der Waals surface area (Å²) in [6.07, 6.45) is 0.972. The number of hydrogen-bond donors (Lipinski definition) is 2. The van der Waals surface area contributed by atoms with Gasteiger partial charge >= 0.3 is 5.97 Å². The number of nitrogens with one attached hydrogen (secondary N) is 1. The van der Waals surface area contributed by atoms with Gasteiger partial charge in [0.15, 0.2) is 0 Å². The number of aromatic carboxylic acids is 1. The maximum absolute atomic E-state index is 14.2. The monoisotopic (exact) mass is 582 g/mol. The highest BCUT2D eigenvalue weighted by atomic mass is 79.9. The van der Waals surface area contributed by atoms with Gasteiger partial charge in [-0.15, -0.1) is 0 Å². The molecule has 0 saturated carbocycles. The number of anilines is 1. The minimum Gasteiger partial charge on any atom is -0.488 e. The van der Waals surface area contributed by atoms with E-state index in [2.05, 4.69) is 21.2 Å². The fourth-order valence-electron chi connectivity index (χ4n) is 4.10. The average Bonchev–Trinajstić information content (AvgIpc) is 3.25. The fourth-order valence-corrected chi connectivity index (χ4v) is 4.46. The van der Waals surface area contributed by atoms with Crippen LogP contribution in [-0.4, -0.2) is 21.6 Å². The molecule has 0 unspecified atom stereocenters. The first kappa shape index (κ1) is 27.1. The molecular weight excluding hydrogens is 558 g/mol. The number of carbonyl (C=O) groups excluding carboxylic acids is 1. The average molecular weight is 583 g/mol. The van der Waals surface area contributed by atoms with E-state index in [1.807, 2.05) is 36.6 Å². The lowest BCUT2D eigenvalue weighted by Gasteiger charge is -2.18. The molecule has 9 heteroatoms. The summed E-state index contributed by atoms with van der Waals surface area (Å²) in [7, 11) is 0. The van der Waals surface area contributed by atoms with Crippen LogP contribution in [0.25, 0.3) is 16.9 Å². The first-order chi connectivity index (χ1) is 18.2. The first-order valence-electron chi connectivity index (χ1n) is 11.9. The highest BCUT2D eigenvalue weighted by Crippen LogP contribution is 2.37. The molecule has 0 spiro atoms. The largest absolute Gasteiger partial charge is 0.488 e. The Balaban J connectivity index is 1.78. The van der Waals surface area contributed by atoms with Crippen molar-refractivity contribution < 1.29 is 28.2 Å². The summed E-state index contributed by atoms with van der Waals surface area (Å²) in [4.78, 5) is 24.1. The zero-order valence-electron chi connectivity index (χ0n) is 20.7. The molecular formula is C29H25BrF2N2O4. The number of rotatable bonds is 9. The Morgan fingerprint density at radius 3 is 2.53 bits per heavy atom. The van der Waals surface area contributed by atoms with Crippen LogP contribution in [0.15, 0.2) is 71.2 Å². The van der Waals surface area contributed by atoms with Gasteiger partial charge in [-0.3, -0.25) is 4.79 Å². The van der Waals surface area contributed by atoms with E-state index in [-0.39, 0.29) is 23.6 Å². The molecule has 1 heterocycles. The van der Waals surface area contributed by atoms with E-state index in [9.17, 15) is 23.5 Å². The number of aromatic nitrogens is 1. The number of carbonyl (C=O) groups is 2. The van der Waals surface area contributed by atoms with E-state index >= 15 is 0 Å². The van der Waals surface area contributed by atoms with Crippen LogP contribution in [0.2, 0.25) is 0 Å². The SMILES string of the molecule is CCCC(=O)Nc1cc(C(=O)O)cc(-n2c(C)ccc2-c2cc(Br)ccc2OCc2ccc(F)cc2F)c1. The summed E-state index contributed by atoms with van der Waals surface area (Å²) in [5.74, 6) is -2.26. The molecule has 4 rings (SSSR count). The molecule has 38 heavy (non-hydrogen) atoms. The van der Waals surface area contributed by atoms with Gasteiger partial charge in [0.25, 0.3) is 0 Å². The topological polar surface area (TPSA) is 80.6 Å². The molecule has 0 saturated heterocycles. The van der Waals surface area contributed by atoms with Crippen molar-refractivity contribution in [3.8, 4) is 22.7 Å². The van der Waals surface area contributed by atoms with Gasteiger partial charge in [-0.1, -0.05) is 22.9 Å². The molecule has 4 aromatic rings. The van der Waals surface area contributed by atoms with E-state index in [0.29, 0.717) is 41.2 Å². The number of nitrogens with zero attached hydrogens (tertiary/aromatic N) is 1. The smallest absolute Gasteiger partial charge is 0.335 e. The van der Waals surface area contributed by atoms with Crippen molar-refractivity contribution in [1.82, 2.24) is 4.57 Å². The zero-order chi connectivity index (χ0) is 27.4. The lowest BCUT2D eigenvalue weighted by molar-refractivity contribution is -0.116. The third-order valence-electron chi connectivity index (χ3n) is 5.88. The minimum atomic E-state index is -1.13. The summed E-state index contributed by atoms with van der Waals surface area (Å²) in [5, 5.41) is 12.5. The number of ether oxygens (including phenoxy) is 1. The molecule has 2 N–H and O–H groups in total. The van der Waals surface area contributed by atoms with Crippen molar-refractivity contribution in [2.45, 2.75) is 33.3 Å². The molecule has 0 aliphatic rings. The van der Waals surface area contributed by atoms with Gasteiger partial charge in [0.2, 0.25) is 5.91 Å². The maximum atomic E-state index is 14.2. The second-order valence-electron chi connectivity index (χ2n) is 8.73. The minimum absolute atomic E-state index is 0.0193. The molecule has 196 valence electrons. The number of carboxylic acid groups (broad SMARTS) is 1. The Kier molecular flexibility index (Phi) is 8.26. The zero-order valence-corrected chi connectivity index (χ0v) is 22.3. The third kappa shape index (κ3) is 6.11. The van der Waals surface area contributed by atoms with Crippen molar-refractivity contribution >= 4 is 33.5 Å². The normalized spacial score (nSPS) is 10.9. The lowest BCUT2D eigenvalue weighted by Crippen LogP contribution is -2.12. The molecule has 6 nitrogen and oxygen atoms in total. The van der Waals surface area contributed by atoms with Crippen molar-refractivity contribution in [2.75, 3.05) is 5.32 Å². The predicted molar refractivity (Wildman–Crippen MR) is 145 cm³/mol. The van der Waals surface area contributed by atoms with Crippen LogP contribution in [0.5, 0.6) is 5.75 Å². The molecule has 1 aromatic heterocycles. The summed E-state index contributed by atoms with van der Waals surface area (Å²) in [5.41, 5.74) is 3.28. The van der Waals surface area contributed by atoms with Crippen LogP contribution in [0.4, 0.5) is 14.5 Å². The Hall–Kier alpha value is -3.98. The van der Waals surface area contributed by atoms with Crippen molar-refractivity contribution in [3.05, 3.63) is 99.7 Å². The maximum Gasteiger partial charge on any atom is 0.335 e. The van der Waals surface area contributed by atoms with Crippen LogP contribution in [0, 0.1) is 18.6 Å². The molecule has 0 atom stereocenters. The number of hydrogen-bond acceptors (Lipinski definition) is 3. The van der Waals surface area contributed by atoms with Crippen LogP contribution < -0.4 is 10.1 Å². The first-order valence-corrected chi connectivity index (χ1v) is 12.7. The van der Waals surface area contributed by atoms with Crippen molar-refractivity contribution in [1.29, 1.82) is 0 Å². The third-order valence-corrected chi connectivity index (χ3v) is 6.37. The van der Waals surface area contributed by atoms with Gasteiger partial charge in [0.1, 0.15) is 24.0 Å². The molecule has 0 aliphatic heterocycles. The van der Waals surface area contributed by atoms with E-state index in [4.69, 9.17) is 4.74 Å². The molecule has 1 amide bonds.